The van der Waals surface area contributed by atoms with Crippen LogP contribution in [0.2, 0.25) is 0 Å². The maximum atomic E-state index is 14.1. The second-order valence-corrected chi connectivity index (χ2v) is 5.29. The fourth-order valence-electron chi connectivity index (χ4n) is 1.51. The van der Waals surface area contributed by atoms with Gasteiger partial charge in [-0.05, 0) is 20.8 Å². The molecule has 1 heterocycles. The molecule has 0 N–H and O–H groups in total. The third kappa shape index (κ3) is 3.10. The molecule has 0 aromatic carbocycles. The number of hydrogen-bond donors (Lipinski definition) is 0. The summed E-state index contributed by atoms with van der Waals surface area (Å²) in [6, 6.07) is 0. The minimum absolute atomic E-state index is 0.311. The van der Waals surface area contributed by atoms with E-state index in [2.05, 4.69) is 4.84 Å². The van der Waals surface area contributed by atoms with E-state index < -0.39 is 23.3 Å². The van der Waals surface area contributed by atoms with Gasteiger partial charge in [-0.25, -0.2) is 14.2 Å². The highest BCUT2D eigenvalue weighted by molar-refractivity contribution is 5.88. The molecule has 0 spiro atoms. The monoisotopic (exact) mass is 262 g/mol. The van der Waals surface area contributed by atoms with Gasteiger partial charge < -0.3 is 9.64 Å². The zero-order chi connectivity index (χ0) is 14.1. The lowest BCUT2D eigenvalue weighted by Crippen LogP contribution is -2.67. The Balaban J connectivity index is 2.52. The minimum atomic E-state index is -2.08. The Morgan fingerprint density at radius 2 is 1.83 bits per heavy atom. The quantitative estimate of drug-likeness (QED) is 0.696. The second-order valence-electron chi connectivity index (χ2n) is 5.29. The van der Waals surface area contributed by atoms with E-state index in [1.54, 1.807) is 20.8 Å². The number of carbonyl (C=O) groups is 2. The molecule has 2 amide bonds. The van der Waals surface area contributed by atoms with E-state index in [9.17, 15) is 14.0 Å². The molecule has 0 aromatic rings. The number of rotatable bonds is 2. The van der Waals surface area contributed by atoms with Crippen LogP contribution in [0, 0.1) is 0 Å². The van der Waals surface area contributed by atoms with Gasteiger partial charge in [-0.1, -0.05) is 0 Å². The van der Waals surface area contributed by atoms with Gasteiger partial charge in [-0.3, -0.25) is 9.63 Å². The molecule has 1 saturated heterocycles. The third-order valence-corrected chi connectivity index (χ3v) is 2.48. The van der Waals surface area contributed by atoms with E-state index in [1.165, 1.54) is 14.2 Å². The topological polar surface area (TPSA) is 59.1 Å². The molecular weight excluding hydrogens is 243 g/mol. The van der Waals surface area contributed by atoms with Crippen LogP contribution in [0.15, 0.2) is 0 Å². The second kappa shape index (κ2) is 4.72. The smallest absolute Gasteiger partial charge is 0.410 e. The fourth-order valence-corrected chi connectivity index (χ4v) is 1.51. The molecule has 7 heteroatoms. The van der Waals surface area contributed by atoms with Crippen LogP contribution in [0.25, 0.3) is 0 Å². The van der Waals surface area contributed by atoms with E-state index in [0.717, 1.165) is 9.96 Å². The van der Waals surface area contributed by atoms with Crippen molar-refractivity contribution in [3.63, 3.8) is 0 Å². The highest BCUT2D eigenvalue weighted by Crippen LogP contribution is 2.29. The number of carbonyl (C=O) groups excluding carboxylic acids is 2. The first-order valence-corrected chi connectivity index (χ1v) is 5.58. The van der Waals surface area contributed by atoms with E-state index in [-0.39, 0.29) is 13.1 Å². The van der Waals surface area contributed by atoms with Gasteiger partial charge in [-0.2, -0.15) is 0 Å². The van der Waals surface area contributed by atoms with Gasteiger partial charge >= 0.3 is 6.09 Å². The number of hydrogen-bond acceptors (Lipinski definition) is 4. The summed E-state index contributed by atoms with van der Waals surface area (Å²) in [5.74, 6) is -0.801. The summed E-state index contributed by atoms with van der Waals surface area (Å²) in [6.07, 6.45) is -0.622. The summed E-state index contributed by atoms with van der Waals surface area (Å²) in [6.45, 7) is 4.54. The SMILES string of the molecule is CON(C)C(=O)C1(F)CN(C(=O)OC(C)(C)C)C1. The molecule has 1 aliphatic heterocycles. The number of likely N-dealkylation sites (tertiary alicyclic amines) is 1. The van der Waals surface area contributed by atoms with Gasteiger partial charge in [0.25, 0.3) is 5.91 Å². The number of amides is 2. The van der Waals surface area contributed by atoms with Crippen molar-refractivity contribution >= 4 is 12.0 Å². The molecule has 0 radical (unpaired) electrons. The Bertz CT molecular complexity index is 347. The largest absolute Gasteiger partial charge is 0.444 e. The Kier molecular flexibility index (Phi) is 3.85. The lowest BCUT2D eigenvalue weighted by molar-refractivity contribution is -0.191. The van der Waals surface area contributed by atoms with Crippen LogP contribution in [0.3, 0.4) is 0 Å². The number of hydroxylamine groups is 2. The van der Waals surface area contributed by atoms with Gasteiger partial charge in [0, 0.05) is 7.05 Å². The molecule has 1 fully saturated rings. The summed E-state index contributed by atoms with van der Waals surface area (Å²) in [7, 11) is 2.59. The zero-order valence-corrected chi connectivity index (χ0v) is 11.3. The van der Waals surface area contributed by atoms with Gasteiger partial charge in [0.05, 0.1) is 20.2 Å². The molecule has 104 valence electrons. The molecule has 0 aliphatic carbocycles. The van der Waals surface area contributed by atoms with Crippen LogP contribution in [0.4, 0.5) is 9.18 Å². The van der Waals surface area contributed by atoms with Crippen LogP contribution in [-0.2, 0) is 14.4 Å². The summed E-state index contributed by atoms with van der Waals surface area (Å²) in [4.78, 5) is 28.9. The van der Waals surface area contributed by atoms with Crippen molar-refractivity contribution in [2.75, 3.05) is 27.2 Å². The van der Waals surface area contributed by atoms with Crippen molar-refractivity contribution in [1.29, 1.82) is 0 Å². The predicted octanol–water partition coefficient (Wildman–Crippen LogP) is 0.965. The normalized spacial score (nSPS) is 18.0. The molecule has 0 unspecified atom stereocenters. The number of alkyl halides is 1. The zero-order valence-electron chi connectivity index (χ0n) is 11.3. The van der Waals surface area contributed by atoms with Crippen molar-refractivity contribution in [1.82, 2.24) is 9.96 Å². The third-order valence-electron chi connectivity index (χ3n) is 2.48. The first-order chi connectivity index (χ1) is 8.09. The van der Waals surface area contributed by atoms with E-state index in [4.69, 9.17) is 4.74 Å². The molecule has 0 aromatic heterocycles. The van der Waals surface area contributed by atoms with Crippen LogP contribution in [0.1, 0.15) is 20.8 Å². The van der Waals surface area contributed by atoms with Crippen molar-refractivity contribution < 1.29 is 23.6 Å². The van der Waals surface area contributed by atoms with Crippen molar-refractivity contribution in [2.24, 2.45) is 0 Å². The number of nitrogens with zero attached hydrogens (tertiary/aromatic N) is 2. The van der Waals surface area contributed by atoms with Gasteiger partial charge in [0.1, 0.15) is 5.60 Å². The first kappa shape index (κ1) is 14.7. The van der Waals surface area contributed by atoms with Crippen LogP contribution < -0.4 is 0 Å². The Hall–Kier alpha value is -1.37. The van der Waals surface area contributed by atoms with E-state index >= 15 is 0 Å². The maximum Gasteiger partial charge on any atom is 0.410 e. The Morgan fingerprint density at radius 1 is 1.33 bits per heavy atom. The highest BCUT2D eigenvalue weighted by atomic mass is 19.1. The lowest BCUT2D eigenvalue weighted by atomic mass is 9.96. The van der Waals surface area contributed by atoms with Crippen molar-refractivity contribution in [3.8, 4) is 0 Å². The summed E-state index contributed by atoms with van der Waals surface area (Å²) < 4.78 is 19.1. The van der Waals surface area contributed by atoms with Gasteiger partial charge in [0.2, 0.25) is 5.67 Å². The summed E-state index contributed by atoms with van der Waals surface area (Å²) in [5, 5.41) is 0.812. The van der Waals surface area contributed by atoms with E-state index in [1.807, 2.05) is 0 Å². The van der Waals surface area contributed by atoms with Crippen LogP contribution >= 0.6 is 0 Å². The van der Waals surface area contributed by atoms with Gasteiger partial charge in [-0.15, -0.1) is 0 Å². The van der Waals surface area contributed by atoms with E-state index in [0.29, 0.717) is 0 Å². The average Bonchev–Trinajstić information content (AvgIpc) is 2.19. The molecular formula is C11H19FN2O4. The minimum Gasteiger partial charge on any atom is -0.444 e. The molecule has 0 saturated carbocycles. The standard InChI is InChI=1S/C11H19FN2O4/c1-10(2,3)18-9(16)14-6-11(12,7-14)8(15)13(4)17-5/h6-7H2,1-5H3. The van der Waals surface area contributed by atoms with Crippen molar-refractivity contribution in [3.05, 3.63) is 0 Å². The molecule has 0 bridgehead atoms. The average molecular weight is 262 g/mol. The first-order valence-electron chi connectivity index (χ1n) is 5.58. The predicted molar refractivity (Wildman–Crippen MR) is 61.4 cm³/mol. The number of ether oxygens (including phenoxy) is 1. The summed E-state index contributed by atoms with van der Waals surface area (Å²) in [5.41, 5.74) is -2.72. The lowest BCUT2D eigenvalue weighted by Gasteiger charge is -2.43. The molecule has 1 aliphatic rings. The summed E-state index contributed by atoms with van der Waals surface area (Å²) >= 11 is 0. The van der Waals surface area contributed by atoms with Gasteiger partial charge in [0.15, 0.2) is 0 Å². The number of halogens is 1. The van der Waals surface area contributed by atoms with Crippen LogP contribution in [0.5, 0.6) is 0 Å². The van der Waals surface area contributed by atoms with Crippen molar-refractivity contribution in [2.45, 2.75) is 32.0 Å². The molecule has 18 heavy (non-hydrogen) atoms. The Morgan fingerprint density at radius 3 is 2.22 bits per heavy atom. The van der Waals surface area contributed by atoms with Crippen LogP contribution in [-0.4, -0.2) is 60.5 Å². The fraction of sp³-hybridized carbons (Fsp3) is 0.818. The Labute approximate surface area is 106 Å². The highest BCUT2D eigenvalue weighted by Gasteiger charge is 2.54. The molecule has 1 rings (SSSR count). The maximum absolute atomic E-state index is 14.1. The molecule has 6 nitrogen and oxygen atoms in total. The molecule has 0 atom stereocenters.